The Balaban J connectivity index is 1.73. The third-order valence-corrected chi connectivity index (χ3v) is 6.90. The van der Waals surface area contributed by atoms with Gasteiger partial charge in [0.2, 0.25) is 9.84 Å². The molecule has 0 saturated carbocycles. The first-order valence-electron chi connectivity index (χ1n) is 9.17. The second-order valence-electron chi connectivity index (χ2n) is 6.81. The summed E-state index contributed by atoms with van der Waals surface area (Å²) < 4.78 is 35.9. The van der Waals surface area contributed by atoms with Crippen molar-refractivity contribution in [3.05, 3.63) is 54.1 Å². The number of carbonyl (C=O) groups excluding carboxylic acids is 1. The predicted octanol–water partition coefficient (Wildman–Crippen LogP) is 1.67. The molecule has 0 unspecified atom stereocenters. The highest BCUT2D eigenvalue weighted by molar-refractivity contribution is 7.91. The van der Waals surface area contributed by atoms with Crippen molar-refractivity contribution in [2.45, 2.75) is 34.7 Å². The van der Waals surface area contributed by atoms with Crippen molar-refractivity contribution >= 4 is 15.7 Å². The number of hydroxylamine groups is 1. The fraction of sp³-hybridized carbons (Fsp3) is 0.350. The highest BCUT2D eigenvalue weighted by atomic mass is 32.2. The molecule has 3 N–H and O–H groups in total. The lowest BCUT2D eigenvalue weighted by molar-refractivity contribution is -0.140. The Labute approximate surface area is 169 Å². The number of hydrogen-bond acceptors (Lipinski definition) is 7. The molecule has 1 heterocycles. The van der Waals surface area contributed by atoms with Crippen LogP contribution < -0.4 is 15.5 Å². The Morgan fingerprint density at radius 2 is 1.62 bits per heavy atom. The van der Waals surface area contributed by atoms with Gasteiger partial charge in [-0.3, -0.25) is 15.3 Å². The number of rotatable bonds is 7. The van der Waals surface area contributed by atoms with Crippen LogP contribution in [0.5, 0.6) is 5.75 Å². The number of methoxy groups -OCH3 is 1. The van der Waals surface area contributed by atoms with Gasteiger partial charge in [0.25, 0.3) is 5.91 Å². The van der Waals surface area contributed by atoms with Crippen molar-refractivity contribution in [1.29, 1.82) is 0 Å². The van der Waals surface area contributed by atoms with Gasteiger partial charge in [-0.1, -0.05) is 12.1 Å². The first-order valence-corrected chi connectivity index (χ1v) is 10.6. The topological polar surface area (TPSA) is 114 Å². The van der Waals surface area contributed by atoms with Crippen LogP contribution in [0.1, 0.15) is 18.4 Å². The number of ether oxygens (including phenoxy) is 2. The van der Waals surface area contributed by atoms with Gasteiger partial charge in [-0.15, -0.1) is 0 Å². The van der Waals surface area contributed by atoms with Crippen LogP contribution in [0.4, 0.5) is 0 Å². The molecule has 3 rings (SSSR count). The lowest BCUT2D eigenvalue weighted by atomic mass is 9.89. The van der Waals surface area contributed by atoms with Crippen LogP contribution in [-0.2, 0) is 25.9 Å². The van der Waals surface area contributed by atoms with Crippen LogP contribution >= 0.6 is 0 Å². The molecule has 1 aliphatic heterocycles. The lowest BCUT2D eigenvalue weighted by Gasteiger charge is -2.35. The van der Waals surface area contributed by atoms with Gasteiger partial charge >= 0.3 is 0 Å². The van der Waals surface area contributed by atoms with Crippen molar-refractivity contribution in [3.63, 3.8) is 0 Å². The highest BCUT2D eigenvalue weighted by Gasteiger charge is 2.39. The van der Waals surface area contributed by atoms with Crippen molar-refractivity contribution in [2.75, 3.05) is 20.3 Å². The van der Waals surface area contributed by atoms with Crippen LogP contribution in [0, 0.1) is 0 Å². The van der Waals surface area contributed by atoms with Crippen LogP contribution in [0.3, 0.4) is 0 Å². The van der Waals surface area contributed by atoms with Gasteiger partial charge < -0.3 is 9.47 Å². The summed E-state index contributed by atoms with van der Waals surface area (Å²) in [7, 11) is -2.12. The van der Waals surface area contributed by atoms with Gasteiger partial charge in [0, 0.05) is 19.8 Å². The molecule has 2 aromatic rings. The van der Waals surface area contributed by atoms with Crippen LogP contribution in [0.2, 0.25) is 0 Å². The van der Waals surface area contributed by atoms with E-state index in [0.29, 0.717) is 38.3 Å². The number of benzene rings is 2. The number of carbonyl (C=O) groups is 1. The third kappa shape index (κ3) is 4.59. The standard InChI is InChI=1S/C20H24N2O6S/c1-27-16-4-8-18(9-5-16)29(25,26)17-6-2-15(3-7-17)14-21-20(19(23)22-24)10-12-28-13-11-20/h2-9,21,24H,10-14H2,1H3,(H,22,23). The molecule has 0 bridgehead atoms. The van der Waals surface area contributed by atoms with E-state index in [2.05, 4.69) is 5.32 Å². The molecule has 1 saturated heterocycles. The zero-order valence-corrected chi connectivity index (χ0v) is 16.9. The van der Waals surface area contributed by atoms with Crippen molar-refractivity contribution in [2.24, 2.45) is 0 Å². The molecular weight excluding hydrogens is 396 g/mol. The van der Waals surface area contributed by atoms with Gasteiger partial charge in [0.05, 0.1) is 16.9 Å². The smallest absolute Gasteiger partial charge is 0.263 e. The fourth-order valence-corrected chi connectivity index (χ4v) is 4.52. The van der Waals surface area contributed by atoms with Gasteiger partial charge in [-0.05, 0) is 54.8 Å². The average molecular weight is 420 g/mol. The molecule has 1 fully saturated rings. The molecule has 156 valence electrons. The number of hydrogen-bond donors (Lipinski definition) is 3. The van der Waals surface area contributed by atoms with E-state index in [4.69, 9.17) is 14.7 Å². The Kier molecular flexibility index (Phi) is 6.53. The fourth-order valence-electron chi connectivity index (χ4n) is 3.26. The summed E-state index contributed by atoms with van der Waals surface area (Å²) in [5, 5.41) is 12.3. The van der Waals surface area contributed by atoms with E-state index in [1.807, 2.05) is 0 Å². The summed E-state index contributed by atoms with van der Waals surface area (Å²) in [6, 6.07) is 12.7. The molecule has 2 aromatic carbocycles. The third-order valence-electron chi connectivity index (χ3n) is 5.12. The molecule has 0 radical (unpaired) electrons. The summed E-state index contributed by atoms with van der Waals surface area (Å²) in [6.07, 6.45) is 0.868. The van der Waals surface area contributed by atoms with Crippen molar-refractivity contribution < 1.29 is 27.9 Å². The monoisotopic (exact) mass is 420 g/mol. The second kappa shape index (κ2) is 8.91. The normalized spacial score (nSPS) is 16.2. The van der Waals surface area contributed by atoms with E-state index in [1.54, 1.807) is 41.9 Å². The molecule has 29 heavy (non-hydrogen) atoms. The van der Waals surface area contributed by atoms with E-state index < -0.39 is 21.3 Å². The largest absolute Gasteiger partial charge is 0.497 e. The van der Waals surface area contributed by atoms with Crippen molar-refractivity contribution in [1.82, 2.24) is 10.8 Å². The maximum absolute atomic E-state index is 12.8. The molecule has 1 aliphatic rings. The Morgan fingerprint density at radius 1 is 1.07 bits per heavy atom. The zero-order valence-electron chi connectivity index (χ0n) is 16.1. The van der Waals surface area contributed by atoms with E-state index >= 15 is 0 Å². The van der Waals surface area contributed by atoms with E-state index in [-0.39, 0.29) is 9.79 Å². The molecule has 1 amide bonds. The number of sulfone groups is 1. The molecule has 0 aliphatic carbocycles. The molecule has 0 spiro atoms. The molecular formula is C20H24N2O6S. The number of nitrogens with one attached hydrogen (secondary N) is 2. The molecule has 8 nitrogen and oxygen atoms in total. The first kappa shape index (κ1) is 21.3. The van der Waals surface area contributed by atoms with Gasteiger partial charge in [0.15, 0.2) is 0 Å². The quantitative estimate of drug-likeness (QED) is 0.461. The van der Waals surface area contributed by atoms with Crippen LogP contribution in [-0.4, -0.2) is 45.4 Å². The first-order chi connectivity index (χ1) is 13.9. The Morgan fingerprint density at radius 3 is 2.14 bits per heavy atom. The van der Waals surface area contributed by atoms with Crippen LogP contribution in [0.15, 0.2) is 58.3 Å². The van der Waals surface area contributed by atoms with E-state index in [0.717, 1.165) is 5.56 Å². The lowest BCUT2D eigenvalue weighted by Crippen LogP contribution is -2.58. The van der Waals surface area contributed by atoms with Gasteiger partial charge in [0.1, 0.15) is 11.3 Å². The number of amides is 1. The minimum atomic E-state index is -3.64. The minimum Gasteiger partial charge on any atom is -0.497 e. The molecule has 0 atom stereocenters. The summed E-state index contributed by atoms with van der Waals surface area (Å²) >= 11 is 0. The molecule has 9 heteroatoms. The van der Waals surface area contributed by atoms with E-state index in [9.17, 15) is 13.2 Å². The molecule has 0 aromatic heterocycles. The summed E-state index contributed by atoms with van der Waals surface area (Å²) in [6.45, 7) is 1.18. The Bertz CT molecular complexity index is 936. The van der Waals surface area contributed by atoms with Gasteiger partial charge in [-0.2, -0.15) is 0 Å². The zero-order chi connectivity index (χ0) is 20.9. The van der Waals surface area contributed by atoms with Crippen molar-refractivity contribution in [3.8, 4) is 5.75 Å². The van der Waals surface area contributed by atoms with Crippen LogP contribution in [0.25, 0.3) is 0 Å². The predicted molar refractivity (Wildman–Crippen MR) is 104 cm³/mol. The average Bonchev–Trinajstić information content (AvgIpc) is 2.78. The minimum absolute atomic E-state index is 0.181. The second-order valence-corrected chi connectivity index (χ2v) is 8.76. The summed E-state index contributed by atoms with van der Waals surface area (Å²) in [5.74, 6) is 0.0823. The maximum atomic E-state index is 12.8. The van der Waals surface area contributed by atoms with E-state index in [1.165, 1.54) is 19.2 Å². The van der Waals surface area contributed by atoms with Gasteiger partial charge in [-0.25, -0.2) is 13.9 Å². The summed E-state index contributed by atoms with van der Waals surface area (Å²) in [5.41, 5.74) is 1.62. The Hall–Kier alpha value is -2.46. The SMILES string of the molecule is COc1ccc(S(=O)(=O)c2ccc(CNC3(C(=O)NO)CCOCC3)cc2)cc1. The summed E-state index contributed by atoms with van der Waals surface area (Å²) in [4.78, 5) is 12.5. The maximum Gasteiger partial charge on any atom is 0.263 e. The highest BCUT2D eigenvalue weighted by Crippen LogP contribution is 2.25.